The molecule has 3 N–H and O–H groups in total. The van der Waals surface area contributed by atoms with E-state index in [0.29, 0.717) is 58.9 Å². The monoisotopic (exact) mass is 781 g/mol. The number of benzene rings is 3. The molecule has 0 radical (unpaired) electrons. The highest BCUT2D eigenvalue weighted by Gasteiger charge is 2.61. The van der Waals surface area contributed by atoms with E-state index in [4.69, 9.17) is 23.7 Å². The lowest BCUT2D eigenvalue weighted by atomic mass is 9.71. The zero-order chi connectivity index (χ0) is 38.8. The molecule has 13 nitrogen and oxygen atoms in total. The largest absolute Gasteiger partial charge is 0.504 e. The fraction of sp³-hybridized carbons (Fsp3) is 0.439. The number of rotatable bonds is 2. The highest BCUT2D eigenvalue weighted by Crippen LogP contribution is 2.64. The fourth-order valence-electron chi connectivity index (χ4n) is 10.7. The first-order valence-electron chi connectivity index (χ1n) is 18.8. The minimum Gasteiger partial charge on any atom is -0.504 e. The van der Waals surface area contributed by atoms with Crippen LogP contribution >= 0.6 is 11.8 Å². The Kier molecular flexibility index (Phi) is 8.15. The summed E-state index contributed by atoms with van der Waals surface area (Å²) >= 11 is 1.47. The molecule has 4 aromatic rings. The van der Waals surface area contributed by atoms with Gasteiger partial charge in [-0.25, -0.2) is 4.79 Å². The third kappa shape index (κ3) is 4.73. The van der Waals surface area contributed by atoms with Crippen molar-refractivity contribution in [2.24, 2.45) is 0 Å². The van der Waals surface area contributed by atoms with Gasteiger partial charge in [-0.3, -0.25) is 19.9 Å². The van der Waals surface area contributed by atoms with Crippen LogP contribution in [0.15, 0.2) is 30.3 Å². The quantitative estimate of drug-likeness (QED) is 0.224. The van der Waals surface area contributed by atoms with Crippen LogP contribution < -0.4 is 24.3 Å². The van der Waals surface area contributed by atoms with Gasteiger partial charge in [0.25, 0.3) is 0 Å². The molecule has 11 rings (SSSR count). The number of aryl methyl sites for hydroxylation is 1. The van der Waals surface area contributed by atoms with Crippen molar-refractivity contribution in [3.05, 3.63) is 75.0 Å². The third-order valence-corrected chi connectivity index (χ3v) is 14.5. The van der Waals surface area contributed by atoms with Crippen molar-refractivity contribution in [1.29, 1.82) is 5.26 Å². The first kappa shape index (κ1) is 35.6. The van der Waals surface area contributed by atoms with Crippen LogP contribution in [0.5, 0.6) is 28.7 Å². The van der Waals surface area contributed by atoms with Crippen LogP contribution in [-0.4, -0.2) is 96.5 Å². The molecule has 7 aliphatic rings. The van der Waals surface area contributed by atoms with Crippen LogP contribution in [0.3, 0.4) is 0 Å². The van der Waals surface area contributed by atoms with Crippen molar-refractivity contribution in [3.63, 3.8) is 0 Å². The number of nitrogens with zero attached hydrogens (tertiary/aromatic N) is 3. The number of para-hydroxylation sites is 1. The van der Waals surface area contributed by atoms with Gasteiger partial charge in [0.1, 0.15) is 23.9 Å². The lowest BCUT2D eigenvalue weighted by molar-refractivity contribution is -0.132. The smallest absolute Gasteiger partial charge is 0.500 e. The molecule has 0 amide bonds. The predicted molar refractivity (Wildman–Crippen MR) is 202 cm³/mol. The van der Waals surface area contributed by atoms with E-state index >= 15 is 0 Å². The van der Waals surface area contributed by atoms with Crippen molar-refractivity contribution in [3.8, 4) is 34.8 Å². The minimum absolute atomic E-state index is 0.00135. The number of methoxy groups -OCH3 is 1. The minimum atomic E-state index is -1.99. The average Bonchev–Trinajstić information content (AvgIpc) is 3.82. The molecule has 1 unspecified atom stereocenters. The van der Waals surface area contributed by atoms with Crippen LogP contribution in [-0.2, 0) is 27.9 Å². The average molecular weight is 782 g/mol. The number of piperazine rings is 1. The van der Waals surface area contributed by atoms with E-state index in [1.54, 1.807) is 6.92 Å². The first-order valence-corrected chi connectivity index (χ1v) is 19.8. The Balaban J connectivity index is 1.26. The summed E-state index contributed by atoms with van der Waals surface area (Å²) in [5.74, 6) is 1.13. The van der Waals surface area contributed by atoms with Gasteiger partial charge in [-0.15, -0.1) is 16.2 Å². The standard InChI is InChI=1S/C41H40FN5O8S/c1-18-11-20-12-24-25(13-43)47-26-14-52-15-27(48)41(39-22(9-10-44-41)21-7-5-6-8-23(21)45-39)16-56-38(32(47)31(46(24)3)28(20)33(49)34(18)51-4)30-29(26)37-36(53-17-54-37)19(2)35(30)55-40(42)50/h5-8,11,24-26,31-32,38,44-45,49H,9-10,12,14-17H2,1-4H3/t24-,25-,26+,31+,32?,38+,41-/m0/s1. The van der Waals surface area contributed by atoms with Gasteiger partial charge in [0.15, 0.2) is 28.8 Å². The summed E-state index contributed by atoms with van der Waals surface area (Å²) in [4.78, 5) is 35.0. The zero-order valence-corrected chi connectivity index (χ0v) is 32.0. The lowest BCUT2D eigenvalue weighted by Gasteiger charge is -2.61. The number of hydrogen-bond acceptors (Lipinski definition) is 13. The number of carbonyl (C=O) groups excluding carboxylic acids is 2. The van der Waals surface area contributed by atoms with Gasteiger partial charge in [0.05, 0.1) is 37.1 Å². The fourth-order valence-corrected chi connectivity index (χ4v) is 12.5. The van der Waals surface area contributed by atoms with Crippen LogP contribution in [0, 0.1) is 25.2 Å². The van der Waals surface area contributed by atoms with E-state index < -0.39 is 41.2 Å². The topological polar surface area (TPSA) is 159 Å². The molecular weight excluding hydrogens is 742 g/mol. The number of aromatic hydroxyl groups is 1. The number of thioether (sulfide) groups is 1. The number of phenolic OH excluding ortho intramolecular Hbond substituents is 1. The molecule has 15 heteroatoms. The normalized spacial score (nSPS) is 29.2. The molecule has 0 aliphatic carbocycles. The number of nitrogens with one attached hydrogen (secondary N) is 2. The van der Waals surface area contributed by atoms with Crippen LogP contribution in [0.4, 0.5) is 9.18 Å². The highest BCUT2D eigenvalue weighted by atomic mass is 32.2. The molecule has 8 heterocycles. The number of aromatic nitrogens is 1. The van der Waals surface area contributed by atoms with Gasteiger partial charge < -0.3 is 33.8 Å². The van der Waals surface area contributed by atoms with Crippen molar-refractivity contribution in [2.75, 3.05) is 46.5 Å². The number of carbonyl (C=O) groups is 2. The molecular formula is C41H40FN5O8S. The maximum atomic E-state index is 14.8. The molecule has 1 spiro atoms. The van der Waals surface area contributed by atoms with Crippen molar-refractivity contribution in [2.45, 2.75) is 67.7 Å². The number of halogens is 1. The Morgan fingerprint density at radius 2 is 1.96 bits per heavy atom. The number of ether oxygens (including phenoxy) is 5. The number of likely N-dealkylation sites (N-methyl/N-ethyl adjacent to an activating group) is 1. The number of H-pyrrole nitrogens is 1. The summed E-state index contributed by atoms with van der Waals surface area (Å²) in [6.45, 7) is 3.71. The molecule has 7 aliphatic heterocycles. The lowest BCUT2D eigenvalue weighted by Crippen LogP contribution is -2.69. The summed E-state index contributed by atoms with van der Waals surface area (Å²) in [5.41, 5.74) is 5.32. The second kappa shape index (κ2) is 12.8. The zero-order valence-electron chi connectivity index (χ0n) is 31.2. The van der Waals surface area contributed by atoms with Gasteiger partial charge in [-0.1, -0.05) is 24.3 Å². The van der Waals surface area contributed by atoms with E-state index in [1.807, 2.05) is 38.2 Å². The Morgan fingerprint density at radius 1 is 1.16 bits per heavy atom. The van der Waals surface area contributed by atoms with Gasteiger partial charge in [-0.2, -0.15) is 5.26 Å². The number of phenols is 1. The van der Waals surface area contributed by atoms with Crippen molar-refractivity contribution in [1.82, 2.24) is 20.1 Å². The first-order chi connectivity index (χ1) is 27.1. The summed E-state index contributed by atoms with van der Waals surface area (Å²) in [6, 6.07) is 9.77. The van der Waals surface area contributed by atoms with E-state index in [9.17, 15) is 24.3 Å². The molecule has 4 bridgehead atoms. The number of Topliss-reactive ketones (excluding diaryl/α,β-unsaturated/α-hetero) is 1. The molecule has 0 saturated carbocycles. The van der Waals surface area contributed by atoms with Crippen LogP contribution in [0.1, 0.15) is 62.0 Å². The Labute approximate surface area is 326 Å². The van der Waals surface area contributed by atoms with Gasteiger partial charge in [0.2, 0.25) is 6.79 Å². The van der Waals surface area contributed by atoms with Crippen LogP contribution in [0.25, 0.3) is 10.9 Å². The number of ketones is 1. The number of fused-ring (bicyclic) bond motifs is 12. The maximum absolute atomic E-state index is 14.8. The number of hydrogen-bond donors (Lipinski definition) is 3. The summed E-state index contributed by atoms with van der Waals surface area (Å²) in [6.07, 6.45) is -0.803. The summed E-state index contributed by atoms with van der Waals surface area (Å²) in [5, 5.41) is 27.2. The maximum Gasteiger partial charge on any atom is 0.500 e. The molecule has 290 valence electrons. The Hall–Kier alpha value is -4.85. The molecule has 2 fully saturated rings. The van der Waals surface area contributed by atoms with Crippen molar-refractivity contribution < 1.29 is 42.8 Å². The third-order valence-electron chi connectivity index (χ3n) is 13.0. The molecule has 1 aromatic heterocycles. The van der Waals surface area contributed by atoms with E-state index in [2.05, 4.69) is 32.2 Å². The molecule has 56 heavy (non-hydrogen) atoms. The van der Waals surface area contributed by atoms with E-state index in [1.165, 1.54) is 18.9 Å². The van der Waals surface area contributed by atoms with Crippen LogP contribution in [0.2, 0.25) is 0 Å². The van der Waals surface area contributed by atoms with Gasteiger partial charge in [-0.05, 0) is 56.5 Å². The van der Waals surface area contributed by atoms with Gasteiger partial charge >= 0.3 is 6.22 Å². The second-order valence-electron chi connectivity index (χ2n) is 15.5. The molecule has 7 atom stereocenters. The summed E-state index contributed by atoms with van der Waals surface area (Å²) in [7, 11) is 3.49. The predicted octanol–water partition coefficient (Wildman–Crippen LogP) is 5.34. The van der Waals surface area contributed by atoms with E-state index in [0.717, 1.165) is 33.3 Å². The van der Waals surface area contributed by atoms with E-state index in [-0.39, 0.29) is 49.1 Å². The van der Waals surface area contributed by atoms with Crippen molar-refractivity contribution >= 4 is 34.7 Å². The Bertz CT molecular complexity index is 2420. The SMILES string of the molecule is COc1c(C)cc2c(c1O)[C@@H]1C3[C@@H]4SC[C@]5(NCCc6c5[nH]c5ccccc65)C(=O)COC[C@H](c5c6c(c(C)c(OC(=O)F)c54)OCO6)N3[C@@H](C#N)[C@H](C2)N1C. The highest BCUT2D eigenvalue weighted by molar-refractivity contribution is 7.99. The van der Waals surface area contributed by atoms with Gasteiger partial charge in [0, 0.05) is 63.2 Å². The number of nitriles is 1. The summed E-state index contributed by atoms with van der Waals surface area (Å²) < 4.78 is 44.6. The molecule has 3 aromatic carbocycles. The second-order valence-corrected chi connectivity index (χ2v) is 16.6. The Morgan fingerprint density at radius 3 is 2.75 bits per heavy atom. The number of aromatic amines is 1. The molecule has 2 saturated heterocycles.